The van der Waals surface area contributed by atoms with E-state index < -0.39 is 0 Å². The van der Waals surface area contributed by atoms with Gasteiger partial charge in [-0.15, -0.1) is 4.91 Å². The number of aromatic nitrogens is 3. The first kappa shape index (κ1) is 13.8. The molecule has 6 nitrogen and oxygen atoms in total. The second kappa shape index (κ2) is 6.09. The number of rotatable bonds is 4. The Morgan fingerprint density at radius 2 is 1.64 bits per heavy atom. The first-order valence-corrected chi connectivity index (χ1v) is 6.73. The number of hydrogen-bond donors (Lipinski definition) is 1. The van der Waals surface area contributed by atoms with Gasteiger partial charge in [0.15, 0.2) is 5.82 Å². The third kappa shape index (κ3) is 2.95. The molecule has 0 bridgehead atoms. The number of nitrogens with zero attached hydrogens (tertiary/aromatic N) is 4. The van der Waals surface area contributed by atoms with Crippen LogP contribution >= 0.6 is 0 Å². The zero-order chi connectivity index (χ0) is 15.4. The average molecular weight is 291 g/mol. The highest BCUT2D eigenvalue weighted by atomic mass is 16.3. The van der Waals surface area contributed by atoms with Gasteiger partial charge in [0.25, 0.3) is 0 Å². The number of nitrogens with two attached hydrogens (primary N) is 1. The molecule has 0 spiro atoms. The molecule has 2 aromatic carbocycles. The van der Waals surface area contributed by atoms with Crippen molar-refractivity contribution in [3.63, 3.8) is 0 Å². The van der Waals surface area contributed by atoms with E-state index in [0.29, 0.717) is 23.6 Å². The monoisotopic (exact) mass is 291 g/mol. The van der Waals surface area contributed by atoms with Crippen molar-refractivity contribution >= 4 is 11.6 Å². The lowest BCUT2D eigenvalue weighted by Gasteiger charge is -2.06. The van der Waals surface area contributed by atoms with E-state index >= 15 is 0 Å². The molecule has 1 aromatic heterocycles. The summed E-state index contributed by atoms with van der Waals surface area (Å²) in [6, 6.07) is 16.7. The van der Waals surface area contributed by atoms with Crippen molar-refractivity contribution in [2.75, 3.05) is 5.73 Å². The molecule has 0 aliphatic carbocycles. The average Bonchev–Trinajstić information content (AvgIpc) is 2.55. The van der Waals surface area contributed by atoms with Crippen LogP contribution in [0.15, 0.2) is 59.8 Å². The molecular formula is C16H13N5O. The van der Waals surface area contributed by atoms with Crippen LogP contribution in [0.2, 0.25) is 0 Å². The summed E-state index contributed by atoms with van der Waals surface area (Å²) in [6.07, 6.45) is 0.539. The molecule has 22 heavy (non-hydrogen) atoms. The van der Waals surface area contributed by atoms with Gasteiger partial charge >= 0.3 is 0 Å². The van der Waals surface area contributed by atoms with Gasteiger partial charge in [0.05, 0.1) is 0 Å². The highest BCUT2D eigenvalue weighted by Gasteiger charge is 2.11. The first-order valence-electron chi connectivity index (χ1n) is 6.73. The lowest BCUT2D eigenvalue weighted by molar-refractivity contribution is 0.936. The zero-order valence-corrected chi connectivity index (χ0v) is 11.7. The molecule has 0 radical (unpaired) electrons. The van der Waals surface area contributed by atoms with E-state index in [9.17, 15) is 4.91 Å². The summed E-state index contributed by atoms with van der Waals surface area (Å²) in [5.41, 5.74) is 7.66. The fourth-order valence-electron chi connectivity index (χ4n) is 2.16. The number of hydrogen-bond acceptors (Lipinski definition) is 6. The SMILES string of the molecule is Nc1nc(Cc2ccccc2)nc(-c2ccccc2N=O)n1. The Morgan fingerprint density at radius 1 is 0.909 bits per heavy atom. The highest BCUT2D eigenvalue weighted by Crippen LogP contribution is 2.27. The van der Waals surface area contributed by atoms with Gasteiger partial charge in [0, 0.05) is 12.0 Å². The molecule has 1 heterocycles. The van der Waals surface area contributed by atoms with Crippen molar-refractivity contribution in [2.24, 2.45) is 5.18 Å². The van der Waals surface area contributed by atoms with Crippen LogP contribution in [-0.4, -0.2) is 15.0 Å². The fourth-order valence-corrected chi connectivity index (χ4v) is 2.16. The predicted molar refractivity (Wildman–Crippen MR) is 84.4 cm³/mol. The molecule has 3 rings (SSSR count). The molecule has 3 aromatic rings. The first-order chi connectivity index (χ1) is 10.8. The maximum atomic E-state index is 10.9. The van der Waals surface area contributed by atoms with Crippen LogP contribution in [0.1, 0.15) is 11.4 Å². The second-order valence-corrected chi connectivity index (χ2v) is 4.70. The van der Waals surface area contributed by atoms with Gasteiger partial charge in [-0.2, -0.15) is 9.97 Å². The van der Waals surface area contributed by atoms with Gasteiger partial charge in [0.2, 0.25) is 5.95 Å². The molecule has 6 heteroatoms. The number of nitroso groups, excluding NO2 is 1. The molecule has 0 aliphatic heterocycles. The number of anilines is 1. The molecule has 0 atom stereocenters. The van der Waals surface area contributed by atoms with Crippen LogP contribution in [0.25, 0.3) is 11.4 Å². The fraction of sp³-hybridized carbons (Fsp3) is 0.0625. The van der Waals surface area contributed by atoms with Crippen LogP contribution in [0.5, 0.6) is 0 Å². The van der Waals surface area contributed by atoms with Crippen LogP contribution in [-0.2, 0) is 6.42 Å². The van der Waals surface area contributed by atoms with Crippen LogP contribution in [0.3, 0.4) is 0 Å². The van der Waals surface area contributed by atoms with E-state index in [2.05, 4.69) is 20.1 Å². The van der Waals surface area contributed by atoms with Crippen molar-refractivity contribution in [1.82, 2.24) is 15.0 Å². The number of nitrogen functional groups attached to an aromatic ring is 1. The van der Waals surface area contributed by atoms with E-state index in [-0.39, 0.29) is 11.6 Å². The Labute approximate surface area is 127 Å². The molecule has 0 saturated heterocycles. The van der Waals surface area contributed by atoms with E-state index in [4.69, 9.17) is 5.73 Å². The van der Waals surface area contributed by atoms with E-state index in [1.807, 2.05) is 30.3 Å². The van der Waals surface area contributed by atoms with Gasteiger partial charge in [-0.3, -0.25) is 0 Å². The van der Waals surface area contributed by atoms with Gasteiger partial charge in [0.1, 0.15) is 11.5 Å². The molecule has 108 valence electrons. The van der Waals surface area contributed by atoms with E-state index in [1.54, 1.807) is 24.3 Å². The highest BCUT2D eigenvalue weighted by molar-refractivity contribution is 5.70. The Morgan fingerprint density at radius 3 is 2.41 bits per heavy atom. The third-order valence-electron chi connectivity index (χ3n) is 3.15. The maximum absolute atomic E-state index is 10.9. The molecule has 0 amide bonds. The predicted octanol–water partition coefficient (Wildman–Crippen LogP) is 3.11. The summed E-state index contributed by atoms with van der Waals surface area (Å²) in [4.78, 5) is 23.6. The van der Waals surface area contributed by atoms with Crippen molar-refractivity contribution in [3.05, 3.63) is 70.9 Å². The van der Waals surface area contributed by atoms with Crippen molar-refractivity contribution in [2.45, 2.75) is 6.42 Å². The van der Waals surface area contributed by atoms with Crippen molar-refractivity contribution in [1.29, 1.82) is 0 Å². The summed E-state index contributed by atoms with van der Waals surface area (Å²) in [5.74, 6) is 1.03. The smallest absolute Gasteiger partial charge is 0.223 e. The summed E-state index contributed by atoms with van der Waals surface area (Å²) < 4.78 is 0. The summed E-state index contributed by atoms with van der Waals surface area (Å²) in [6.45, 7) is 0. The van der Waals surface area contributed by atoms with E-state index in [1.165, 1.54) is 0 Å². The normalized spacial score (nSPS) is 10.4. The largest absolute Gasteiger partial charge is 0.368 e. The minimum atomic E-state index is 0.122. The van der Waals surface area contributed by atoms with Crippen LogP contribution in [0, 0.1) is 4.91 Å². The summed E-state index contributed by atoms with van der Waals surface area (Å²) in [5, 5.41) is 3.00. The quantitative estimate of drug-likeness (QED) is 0.745. The van der Waals surface area contributed by atoms with Gasteiger partial charge in [-0.05, 0) is 22.9 Å². The van der Waals surface area contributed by atoms with Crippen LogP contribution in [0.4, 0.5) is 11.6 Å². The Bertz CT molecular complexity index is 805. The minimum Gasteiger partial charge on any atom is -0.368 e. The Balaban J connectivity index is 2.01. The molecule has 0 saturated carbocycles. The molecule has 0 aliphatic rings. The molecular weight excluding hydrogens is 278 g/mol. The van der Waals surface area contributed by atoms with Crippen molar-refractivity contribution < 1.29 is 0 Å². The lowest BCUT2D eigenvalue weighted by atomic mass is 10.1. The van der Waals surface area contributed by atoms with Gasteiger partial charge < -0.3 is 5.73 Å². The second-order valence-electron chi connectivity index (χ2n) is 4.70. The van der Waals surface area contributed by atoms with Crippen LogP contribution < -0.4 is 5.73 Å². The Kier molecular flexibility index (Phi) is 3.82. The number of benzene rings is 2. The summed E-state index contributed by atoms with van der Waals surface area (Å²) in [7, 11) is 0. The third-order valence-corrected chi connectivity index (χ3v) is 3.15. The minimum absolute atomic E-state index is 0.122. The summed E-state index contributed by atoms with van der Waals surface area (Å²) >= 11 is 0. The van der Waals surface area contributed by atoms with Crippen molar-refractivity contribution in [3.8, 4) is 11.4 Å². The zero-order valence-electron chi connectivity index (χ0n) is 11.7. The molecule has 0 unspecified atom stereocenters. The Hall–Kier alpha value is -3.15. The van der Waals surface area contributed by atoms with E-state index in [0.717, 1.165) is 5.56 Å². The lowest BCUT2D eigenvalue weighted by Crippen LogP contribution is -2.05. The maximum Gasteiger partial charge on any atom is 0.223 e. The van der Waals surface area contributed by atoms with Gasteiger partial charge in [-0.1, -0.05) is 42.5 Å². The topological polar surface area (TPSA) is 94.1 Å². The van der Waals surface area contributed by atoms with Gasteiger partial charge in [-0.25, -0.2) is 4.98 Å². The standard InChI is InChI=1S/C16H13N5O/c17-16-19-14(10-11-6-2-1-3-7-11)18-15(20-16)12-8-4-5-9-13(12)21-22/h1-9H,10H2,(H2,17,18,19,20). The molecule has 0 fully saturated rings. The molecule has 2 N–H and O–H groups in total.